The molecule has 0 aliphatic heterocycles. The number of rotatable bonds is 13. The Hall–Kier alpha value is -1.56. The van der Waals surface area contributed by atoms with Crippen molar-refractivity contribution in [2.75, 3.05) is 11.4 Å². The van der Waals surface area contributed by atoms with Gasteiger partial charge in [0.25, 0.3) is 0 Å². The molecule has 0 aromatic heterocycles. The molecular formula is C22H35F3N2O. The van der Waals surface area contributed by atoms with E-state index in [1.807, 2.05) is 0 Å². The third-order valence-electron chi connectivity index (χ3n) is 5.03. The van der Waals surface area contributed by atoms with Gasteiger partial charge in [-0.3, -0.25) is 4.79 Å². The summed E-state index contributed by atoms with van der Waals surface area (Å²) in [5.74, 6) is -0.108. The van der Waals surface area contributed by atoms with Gasteiger partial charge < -0.3 is 10.6 Å². The first-order chi connectivity index (χ1) is 13.3. The average molecular weight is 401 g/mol. The van der Waals surface area contributed by atoms with Gasteiger partial charge in [0.1, 0.15) is 6.04 Å². The largest absolute Gasteiger partial charge is 0.407 e. The van der Waals surface area contributed by atoms with E-state index in [-0.39, 0.29) is 11.5 Å². The van der Waals surface area contributed by atoms with Crippen LogP contribution in [0.4, 0.5) is 18.9 Å². The van der Waals surface area contributed by atoms with Gasteiger partial charge in [-0.25, -0.2) is 0 Å². The van der Waals surface area contributed by atoms with Crippen molar-refractivity contribution in [3.63, 3.8) is 0 Å². The lowest BCUT2D eigenvalue weighted by atomic mass is 10.1. The van der Waals surface area contributed by atoms with Crippen LogP contribution in [0.2, 0.25) is 0 Å². The van der Waals surface area contributed by atoms with Crippen LogP contribution >= 0.6 is 0 Å². The van der Waals surface area contributed by atoms with Crippen LogP contribution < -0.4 is 10.6 Å². The van der Waals surface area contributed by atoms with Crippen LogP contribution in [0, 0.1) is 0 Å². The van der Waals surface area contributed by atoms with Gasteiger partial charge in [0.2, 0.25) is 5.91 Å². The molecule has 1 rings (SSSR count). The van der Waals surface area contributed by atoms with E-state index in [9.17, 15) is 18.0 Å². The van der Waals surface area contributed by atoms with Gasteiger partial charge in [0.15, 0.2) is 0 Å². The summed E-state index contributed by atoms with van der Waals surface area (Å²) >= 11 is 0. The Kier molecular flexibility index (Phi) is 11.2. The highest BCUT2D eigenvalue weighted by Crippen LogP contribution is 2.31. The lowest BCUT2D eigenvalue weighted by molar-refractivity contribution is -0.149. The quantitative estimate of drug-likeness (QED) is 0.383. The number of nitrogens with two attached hydrogens (primary N) is 1. The Morgan fingerprint density at radius 2 is 1.39 bits per heavy atom. The summed E-state index contributed by atoms with van der Waals surface area (Å²) in [5, 5.41) is 0. The van der Waals surface area contributed by atoms with Gasteiger partial charge in [0, 0.05) is 19.2 Å². The smallest absolute Gasteiger partial charge is 0.316 e. The van der Waals surface area contributed by atoms with Crippen LogP contribution in [0.3, 0.4) is 0 Å². The predicted molar refractivity (Wildman–Crippen MR) is 109 cm³/mol. The maximum absolute atomic E-state index is 12.7. The lowest BCUT2D eigenvalue weighted by Crippen LogP contribution is -2.30. The first kappa shape index (κ1) is 24.5. The molecule has 0 spiro atoms. The molecule has 3 nitrogen and oxygen atoms in total. The van der Waals surface area contributed by atoms with Gasteiger partial charge in [-0.2, -0.15) is 13.2 Å². The minimum Gasteiger partial charge on any atom is -0.316 e. The molecule has 0 saturated carbocycles. The van der Waals surface area contributed by atoms with Gasteiger partial charge >= 0.3 is 6.18 Å². The summed E-state index contributed by atoms with van der Waals surface area (Å²) in [7, 11) is 0. The number of carbonyl (C=O) groups is 1. The topological polar surface area (TPSA) is 46.3 Å². The molecule has 0 saturated heterocycles. The van der Waals surface area contributed by atoms with E-state index in [1.54, 1.807) is 17.0 Å². The third-order valence-corrected chi connectivity index (χ3v) is 5.03. The number of hydrogen-bond acceptors (Lipinski definition) is 2. The zero-order chi connectivity index (χ0) is 21.0. The molecule has 2 N–H and O–H groups in total. The van der Waals surface area contributed by atoms with Crippen molar-refractivity contribution in [1.82, 2.24) is 0 Å². The van der Waals surface area contributed by atoms with Crippen LogP contribution in [0.15, 0.2) is 24.3 Å². The Balaban J connectivity index is 2.38. The Labute approximate surface area is 167 Å². The van der Waals surface area contributed by atoms with E-state index < -0.39 is 12.2 Å². The minimum absolute atomic E-state index is 0.00121. The molecule has 1 amide bonds. The summed E-state index contributed by atoms with van der Waals surface area (Å²) in [5.41, 5.74) is 5.84. The number of unbranched alkanes of at least 4 members (excludes halogenated alkanes) is 9. The number of amides is 1. The van der Waals surface area contributed by atoms with E-state index in [1.165, 1.54) is 64.0 Å². The molecule has 0 unspecified atom stereocenters. The number of carbonyl (C=O) groups excluding carboxylic acids is 1. The van der Waals surface area contributed by atoms with Crippen molar-refractivity contribution < 1.29 is 18.0 Å². The van der Waals surface area contributed by atoms with Crippen LogP contribution in [-0.4, -0.2) is 18.6 Å². The number of halogens is 3. The van der Waals surface area contributed by atoms with Crippen molar-refractivity contribution in [2.45, 2.75) is 90.3 Å². The number of anilines is 1. The maximum Gasteiger partial charge on any atom is 0.407 e. The van der Waals surface area contributed by atoms with E-state index >= 15 is 0 Å². The second-order valence-electron chi connectivity index (χ2n) is 7.46. The highest BCUT2D eigenvalue weighted by Gasteiger charge is 2.37. The fourth-order valence-electron chi connectivity index (χ4n) is 3.28. The van der Waals surface area contributed by atoms with Gasteiger partial charge in [0.05, 0.1) is 0 Å². The van der Waals surface area contributed by atoms with Gasteiger partial charge in [-0.1, -0.05) is 76.8 Å². The molecule has 0 bridgehead atoms. The number of benzene rings is 1. The normalized spacial score (nSPS) is 12.8. The predicted octanol–water partition coefficient (Wildman–Crippen LogP) is 6.52. The summed E-state index contributed by atoms with van der Waals surface area (Å²) < 4.78 is 38.1. The average Bonchev–Trinajstić information content (AvgIpc) is 2.65. The Morgan fingerprint density at radius 3 is 1.82 bits per heavy atom. The molecular weight excluding hydrogens is 365 g/mol. The Morgan fingerprint density at radius 1 is 0.929 bits per heavy atom. The maximum atomic E-state index is 12.7. The highest BCUT2D eigenvalue weighted by atomic mass is 19.4. The number of hydrogen-bond donors (Lipinski definition) is 1. The molecule has 6 heteroatoms. The van der Waals surface area contributed by atoms with Gasteiger partial charge in [-0.05, 0) is 24.1 Å². The molecule has 0 aliphatic carbocycles. The molecule has 0 heterocycles. The molecule has 0 radical (unpaired) electrons. The number of nitrogens with zero attached hydrogens (tertiary/aromatic N) is 1. The van der Waals surface area contributed by atoms with E-state index in [0.717, 1.165) is 19.3 Å². The molecule has 1 aromatic rings. The first-order valence-corrected chi connectivity index (χ1v) is 10.5. The molecule has 1 atom stereocenters. The van der Waals surface area contributed by atoms with Crippen LogP contribution in [-0.2, 0) is 4.79 Å². The molecule has 0 fully saturated rings. The fraction of sp³-hybridized carbons (Fsp3) is 0.682. The second kappa shape index (κ2) is 12.8. The number of alkyl halides is 3. The van der Waals surface area contributed by atoms with E-state index in [0.29, 0.717) is 12.2 Å². The zero-order valence-electron chi connectivity index (χ0n) is 17.2. The molecule has 0 aliphatic rings. The SMILES string of the molecule is CCCCCCCCCCCCN(C(C)=O)c1ccc([C@@H](N)C(F)(F)F)cc1. The van der Waals surface area contributed by atoms with Gasteiger partial charge in [-0.15, -0.1) is 0 Å². The van der Waals surface area contributed by atoms with Crippen LogP contribution in [0.25, 0.3) is 0 Å². The van der Waals surface area contributed by atoms with Crippen molar-refractivity contribution >= 4 is 11.6 Å². The van der Waals surface area contributed by atoms with Crippen molar-refractivity contribution in [3.05, 3.63) is 29.8 Å². The molecule has 160 valence electrons. The highest BCUT2D eigenvalue weighted by molar-refractivity contribution is 5.91. The van der Waals surface area contributed by atoms with E-state index in [2.05, 4.69) is 6.92 Å². The Bertz CT molecular complexity index is 558. The van der Waals surface area contributed by atoms with Crippen LogP contribution in [0.1, 0.15) is 89.7 Å². The lowest BCUT2D eigenvalue weighted by Gasteiger charge is -2.22. The fourth-order valence-corrected chi connectivity index (χ4v) is 3.28. The summed E-state index contributed by atoms with van der Waals surface area (Å²) in [6.45, 7) is 4.28. The third kappa shape index (κ3) is 9.09. The molecule has 28 heavy (non-hydrogen) atoms. The first-order valence-electron chi connectivity index (χ1n) is 10.5. The standard InChI is InChI=1S/C22H35F3N2O/c1-3-4-5-6-7-8-9-10-11-12-17-27(18(2)28)20-15-13-19(14-16-20)21(26)22(23,24)25/h13-16,21H,3-12,17,26H2,1-2H3/t21-/m1/s1. The zero-order valence-corrected chi connectivity index (χ0v) is 17.2. The van der Waals surface area contributed by atoms with E-state index in [4.69, 9.17) is 5.73 Å². The summed E-state index contributed by atoms with van der Waals surface area (Å²) in [6.07, 6.45) is 7.64. The second-order valence-corrected chi connectivity index (χ2v) is 7.46. The molecule has 1 aromatic carbocycles. The summed E-state index contributed by atoms with van der Waals surface area (Å²) in [4.78, 5) is 13.6. The van der Waals surface area contributed by atoms with Crippen molar-refractivity contribution in [1.29, 1.82) is 0 Å². The van der Waals surface area contributed by atoms with Crippen molar-refractivity contribution in [2.24, 2.45) is 5.73 Å². The minimum atomic E-state index is -4.47. The van der Waals surface area contributed by atoms with Crippen molar-refractivity contribution in [3.8, 4) is 0 Å². The van der Waals surface area contributed by atoms with Crippen LogP contribution in [0.5, 0.6) is 0 Å². The summed E-state index contributed by atoms with van der Waals surface area (Å²) in [6, 6.07) is 3.77. The monoisotopic (exact) mass is 400 g/mol.